The topological polar surface area (TPSA) is 44.8 Å². The van der Waals surface area contributed by atoms with Gasteiger partial charge in [0.05, 0.1) is 27.7 Å². The number of likely N-dealkylation sites (N-methyl/N-ethyl adjacent to an activating group) is 1. The Balaban J connectivity index is 0.00000178. The van der Waals surface area contributed by atoms with Gasteiger partial charge in [-0.25, -0.2) is 0 Å². The summed E-state index contributed by atoms with van der Waals surface area (Å²) in [5.74, 6) is -0.0818. The number of quaternary nitrogens is 1. The normalized spacial score (nSPS) is 19.0. The van der Waals surface area contributed by atoms with Crippen LogP contribution in [0.5, 0.6) is 0 Å². The predicted molar refractivity (Wildman–Crippen MR) is 103 cm³/mol. The fourth-order valence-corrected chi connectivity index (χ4v) is 3.22. The summed E-state index contributed by atoms with van der Waals surface area (Å²) in [6.07, 6.45) is 11.9. The molecule has 1 rings (SSSR count). The standard InChI is InChI=1S/C18H36NO3.C2H6O/c1-19(2)14-11-12-17(16-19)22-15-10-8-6-4-5-7-9-13-18(20)21-3;1-3-2/h17H,4-16H2,1-3H3;1-2H3/q+1;. The molecule has 1 heterocycles. The fraction of sp³-hybridized carbons (Fsp3) is 0.950. The number of esters is 1. The van der Waals surface area contributed by atoms with E-state index in [1.54, 1.807) is 14.2 Å². The molecule has 1 atom stereocenters. The maximum absolute atomic E-state index is 11.0. The van der Waals surface area contributed by atoms with Gasteiger partial charge in [-0.3, -0.25) is 4.79 Å². The second-order valence-electron chi connectivity index (χ2n) is 7.69. The summed E-state index contributed by atoms with van der Waals surface area (Å²) in [6.45, 7) is 3.38. The Bertz CT molecular complexity index is 321. The first kappa shape index (κ1) is 24.4. The van der Waals surface area contributed by atoms with Gasteiger partial charge in [-0.05, 0) is 25.7 Å². The van der Waals surface area contributed by atoms with E-state index in [2.05, 4.69) is 23.6 Å². The van der Waals surface area contributed by atoms with Gasteiger partial charge in [0.15, 0.2) is 0 Å². The number of methoxy groups -OCH3 is 2. The molecule has 1 saturated heterocycles. The number of carbonyl (C=O) groups is 1. The van der Waals surface area contributed by atoms with Gasteiger partial charge in [-0.15, -0.1) is 0 Å². The second kappa shape index (κ2) is 15.6. The molecule has 1 fully saturated rings. The molecule has 0 amide bonds. The van der Waals surface area contributed by atoms with Crippen LogP contribution in [0.2, 0.25) is 0 Å². The summed E-state index contributed by atoms with van der Waals surface area (Å²) >= 11 is 0. The van der Waals surface area contributed by atoms with Gasteiger partial charge in [0, 0.05) is 27.2 Å². The summed E-state index contributed by atoms with van der Waals surface area (Å²) in [5.41, 5.74) is 0. The molecule has 1 unspecified atom stereocenters. The van der Waals surface area contributed by atoms with Crippen molar-refractivity contribution in [1.29, 1.82) is 0 Å². The van der Waals surface area contributed by atoms with E-state index in [9.17, 15) is 4.79 Å². The third kappa shape index (κ3) is 15.3. The zero-order valence-electron chi connectivity index (χ0n) is 17.3. The highest BCUT2D eigenvalue weighted by molar-refractivity contribution is 5.68. The van der Waals surface area contributed by atoms with E-state index in [1.807, 2.05) is 0 Å². The molecule has 0 saturated carbocycles. The lowest BCUT2D eigenvalue weighted by Crippen LogP contribution is -2.50. The van der Waals surface area contributed by atoms with E-state index < -0.39 is 0 Å². The van der Waals surface area contributed by atoms with Gasteiger partial charge in [0.1, 0.15) is 12.6 Å². The first-order chi connectivity index (χ1) is 11.9. The monoisotopic (exact) mass is 360 g/mol. The van der Waals surface area contributed by atoms with Crippen molar-refractivity contribution in [3.63, 3.8) is 0 Å². The second-order valence-corrected chi connectivity index (χ2v) is 7.69. The number of nitrogens with zero attached hydrogens (tertiary/aromatic N) is 1. The Morgan fingerprint density at radius 3 is 2.08 bits per heavy atom. The van der Waals surface area contributed by atoms with Crippen molar-refractivity contribution in [1.82, 2.24) is 0 Å². The molecule has 5 heteroatoms. The van der Waals surface area contributed by atoms with Crippen LogP contribution in [0.1, 0.15) is 64.2 Å². The van der Waals surface area contributed by atoms with Gasteiger partial charge in [-0.1, -0.05) is 32.1 Å². The molecule has 150 valence electrons. The maximum Gasteiger partial charge on any atom is 0.305 e. The molecular weight excluding hydrogens is 318 g/mol. The Hall–Kier alpha value is -0.650. The third-order valence-electron chi connectivity index (χ3n) is 4.59. The van der Waals surface area contributed by atoms with Crippen LogP contribution in [0.3, 0.4) is 0 Å². The minimum absolute atomic E-state index is 0.0818. The molecule has 5 nitrogen and oxygen atoms in total. The highest BCUT2D eigenvalue weighted by Gasteiger charge is 2.27. The smallest absolute Gasteiger partial charge is 0.305 e. The summed E-state index contributed by atoms with van der Waals surface area (Å²) in [5, 5.41) is 0. The van der Waals surface area contributed by atoms with Crippen LogP contribution in [-0.4, -0.2) is 71.7 Å². The van der Waals surface area contributed by atoms with Crippen molar-refractivity contribution in [3.05, 3.63) is 0 Å². The molecule has 1 aliphatic heterocycles. The molecule has 0 aromatic rings. The van der Waals surface area contributed by atoms with Crippen molar-refractivity contribution < 1.29 is 23.5 Å². The Morgan fingerprint density at radius 2 is 1.52 bits per heavy atom. The van der Waals surface area contributed by atoms with Gasteiger partial charge < -0.3 is 18.7 Å². The number of rotatable bonds is 11. The lowest BCUT2D eigenvalue weighted by Gasteiger charge is -2.37. The van der Waals surface area contributed by atoms with Crippen LogP contribution in [-0.2, 0) is 19.0 Å². The maximum atomic E-state index is 11.0. The van der Waals surface area contributed by atoms with E-state index in [1.165, 1.54) is 65.1 Å². The summed E-state index contributed by atoms with van der Waals surface area (Å²) in [6, 6.07) is 0. The molecule has 0 bridgehead atoms. The zero-order chi connectivity index (χ0) is 19.0. The van der Waals surface area contributed by atoms with Crippen molar-refractivity contribution in [2.24, 2.45) is 0 Å². The first-order valence-electron chi connectivity index (χ1n) is 9.85. The molecule has 0 aromatic carbocycles. The Labute approximate surface area is 155 Å². The Morgan fingerprint density at radius 1 is 0.960 bits per heavy atom. The summed E-state index contributed by atoms with van der Waals surface area (Å²) in [7, 11) is 9.31. The number of carbonyl (C=O) groups excluding carboxylic acids is 1. The quantitative estimate of drug-likeness (QED) is 0.319. The van der Waals surface area contributed by atoms with Crippen molar-refractivity contribution in [2.45, 2.75) is 70.3 Å². The minimum Gasteiger partial charge on any atom is -0.469 e. The highest BCUT2D eigenvalue weighted by Crippen LogP contribution is 2.17. The van der Waals surface area contributed by atoms with Crippen molar-refractivity contribution in [3.8, 4) is 0 Å². The molecule has 25 heavy (non-hydrogen) atoms. The van der Waals surface area contributed by atoms with Crippen LogP contribution < -0.4 is 0 Å². The third-order valence-corrected chi connectivity index (χ3v) is 4.59. The zero-order valence-corrected chi connectivity index (χ0v) is 17.3. The minimum atomic E-state index is -0.0818. The van der Waals surface area contributed by atoms with E-state index in [0.29, 0.717) is 12.5 Å². The average Bonchev–Trinajstić information content (AvgIpc) is 2.56. The van der Waals surface area contributed by atoms with Gasteiger partial charge in [0.2, 0.25) is 0 Å². The summed E-state index contributed by atoms with van der Waals surface area (Å²) < 4.78 is 16.0. The van der Waals surface area contributed by atoms with Crippen LogP contribution in [0.4, 0.5) is 0 Å². The first-order valence-corrected chi connectivity index (χ1v) is 9.85. The van der Waals surface area contributed by atoms with Gasteiger partial charge in [0.25, 0.3) is 0 Å². The molecule has 0 radical (unpaired) electrons. The molecular formula is C20H42NO4+. The molecule has 0 spiro atoms. The van der Waals surface area contributed by atoms with Crippen LogP contribution in [0, 0.1) is 0 Å². The van der Waals surface area contributed by atoms with Gasteiger partial charge in [-0.2, -0.15) is 0 Å². The molecule has 0 N–H and O–H groups in total. The largest absolute Gasteiger partial charge is 0.469 e. The van der Waals surface area contributed by atoms with Crippen LogP contribution in [0.15, 0.2) is 0 Å². The number of ether oxygens (including phenoxy) is 3. The lowest BCUT2D eigenvalue weighted by atomic mass is 10.1. The number of hydrogen-bond donors (Lipinski definition) is 0. The van der Waals surface area contributed by atoms with E-state index in [4.69, 9.17) is 4.74 Å². The lowest BCUT2D eigenvalue weighted by molar-refractivity contribution is -0.898. The number of likely N-dealkylation sites (tertiary alicyclic amines) is 1. The number of hydrogen-bond acceptors (Lipinski definition) is 4. The predicted octanol–water partition coefficient (Wildman–Crippen LogP) is 3.80. The highest BCUT2D eigenvalue weighted by atomic mass is 16.5. The number of unbranched alkanes of at least 4 members (excludes halogenated alkanes) is 6. The van der Waals surface area contributed by atoms with Gasteiger partial charge >= 0.3 is 5.97 Å². The fourth-order valence-electron chi connectivity index (χ4n) is 3.22. The van der Waals surface area contributed by atoms with E-state index in [-0.39, 0.29) is 5.97 Å². The number of piperidine rings is 1. The average molecular weight is 361 g/mol. The van der Waals surface area contributed by atoms with E-state index >= 15 is 0 Å². The molecule has 1 aliphatic rings. The van der Waals surface area contributed by atoms with Crippen molar-refractivity contribution in [2.75, 3.05) is 55.1 Å². The van der Waals surface area contributed by atoms with Crippen LogP contribution >= 0.6 is 0 Å². The van der Waals surface area contributed by atoms with Crippen molar-refractivity contribution >= 4 is 5.97 Å². The summed E-state index contributed by atoms with van der Waals surface area (Å²) in [4.78, 5) is 11.0. The molecule has 0 aliphatic carbocycles. The van der Waals surface area contributed by atoms with Crippen LogP contribution in [0.25, 0.3) is 0 Å². The Kier molecular flexibility index (Phi) is 15.2. The van der Waals surface area contributed by atoms with E-state index in [0.717, 1.165) is 23.9 Å². The SMILES string of the molecule is COC.COC(=O)CCCCCCCCCOC1CCC[N+](C)(C)C1. The molecule has 0 aromatic heterocycles.